The molecule has 2 aromatic rings. The summed E-state index contributed by atoms with van der Waals surface area (Å²) >= 11 is 0. The lowest BCUT2D eigenvalue weighted by atomic mass is 10.4. The molecule has 23 heavy (non-hydrogen) atoms. The third kappa shape index (κ3) is 3.90. The minimum absolute atomic E-state index is 0.0984. The lowest BCUT2D eigenvalue weighted by Crippen LogP contribution is -2.29. The molecule has 0 aromatic carbocycles. The largest absolute Gasteiger partial charge is 0.467 e. The number of methoxy groups -OCH3 is 1. The van der Waals surface area contributed by atoms with Gasteiger partial charge in [0.1, 0.15) is 19.2 Å². The van der Waals surface area contributed by atoms with Crippen molar-refractivity contribution in [3.8, 4) is 6.01 Å². The lowest BCUT2D eigenvalue weighted by Gasteiger charge is -2.16. The summed E-state index contributed by atoms with van der Waals surface area (Å²) in [6, 6.07) is 0.252. The van der Waals surface area contributed by atoms with Crippen LogP contribution in [0.15, 0.2) is 12.7 Å². The number of nitrogens with one attached hydrogen (secondary N) is 1. The van der Waals surface area contributed by atoms with Crippen molar-refractivity contribution in [1.82, 2.24) is 35.0 Å². The molecule has 0 atom stereocenters. The molecule has 0 aliphatic carbocycles. The first-order valence-electron chi connectivity index (χ1n) is 7.37. The van der Waals surface area contributed by atoms with Gasteiger partial charge < -0.3 is 15.0 Å². The Morgan fingerprint density at radius 3 is 2.83 bits per heavy atom. The van der Waals surface area contributed by atoms with Gasteiger partial charge in [0.2, 0.25) is 11.9 Å². The fourth-order valence-corrected chi connectivity index (χ4v) is 2.31. The molecule has 1 N–H and O–H groups in total. The molecule has 1 saturated heterocycles. The lowest BCUT2D eigenvalue weighted by molar-refractivity contribution is -0.122. The van der Waals surface area contributed by atoms with Gasteiger partial charge in [0.25, 0.3) is 0 Å². The molecule has 10 heteroatoms. The Labute approximate surface area is 132 Å². The number of ether oxygens (including phenoxy) is 1. The van der Waals surface area contributed by atoms with E-state index in [1.807, 2.05) is 0 Å². The van der Waals surface area contributed by atoms with Crippen LogP contribution >= 0.6 is 0 Å². The van der Waals surface area contributed by atoms with Gasteiger partial charge in [0.05, 0.1) is 13.7 Å². The summed E-state index contributed by atoms with van der Waals surface area (Å²) in [4.78, 5) is 30.6. The van der Waals surface area contributed by atoms with Crippen molar-refractivity contribution in [1.29, 1.82) is 0 Å². The molecule has 2 aromatic heterocycles. The van der Waals surface area contributed by atoms with Gasteiger partial charge >= 0.3 is 6.01 Å². The van der Waals surface area contributed by atoms with Crippen LogP contribution in [-0.4, -0.2) is 55.8 Å². The van der Waals surface area contributed by atoms with Gasteiger partial charge in [-0.15, -0.1) is 0 Å². The molecule has 1 amide bonds. The molecule has 0 radical (unpaired) electrons. The highest BCUT2D eigenvalue weighted by Crippen LogP contribution is 2.17. The summed E-state index contributed by atoms with van der Waals surface area (Å²) in [5.41, 5.74) is 0. The zero-order chi connectivity index (χ0) is 16.1. The second-order valence-corrected chi connectivity index (χ2v) is 5.10. The van der Waals surface area contributed by atoms with E-state index in [0.29, 0.717) is 11.8 Å². The van der Waals surface area contributed by atoms with Crippen LogP contribution in [0.3, 0.4) is 0 Å². The van der Waals surface area contributed by atoms with Gasteiger partial charge in [-0.05, 0) is 12.8 Å². The highest BCUT2D eigenvalue weighted by molar-refractivity contribution is 5.75. The quantitative estimate of drug-likeness (QED) is 0.751. The highest BCUT2D eigenvalue weighted by Gasteiger charge is 2.17. The van der Waals surface area contributed by atoms with Crippen LogP contribution in [0.1, 0.15) is 18.7 Å². The minimum atomic E-state index is -0.197. The number of carbonyl (C=O) groups excluding carboxylic acids is 1. The summed E-state index contributed by atoms with van der Waals surface area (Å²) in [5.74, 6) is 0.859. The zero-order valence-corrected chi connectivity index (χ0v) is 12.8. The molecule has 0 spiro atoms. The Hall–Kier alpha value is -2.78. The van der Waals surface area contributed by atoms with E-state index < -0.39 is 0 Å². The number of rotatable bonds is 6. The number of hydrogen-bond donors (Lipinski definition) is 1. The van der Waals surface area contributed by atoms with Crippen molar-refractivity contribution in [2.24, 2.45) is 0 Å². The van der Waals surface area contributed by atoms with Crippen molar-refractivity contribution in [3.05, 3.63) is 18.5 Å². The fraction of sp³-hybridized carbons (Fsp3) is 0.538. The van der Waals surface area contributed by atoms with E-state index in [1.54, 1.807) is 0 Å². The van der Waals surface area contributed by atoms with Crippen molar-refractivity contribution in [2.75, 3.05) is 25.1 Å². The van der Waals surface area contributed by atoms with Crippen molar-refractivity contribution < 1.29 is 9.53 Å². The third-order valence-electron chi connectivity index (χ3n) is 3.44. The monoisotopic (exact) mass is 318 g/mol. The Morgan fingerprint density at radius 1 is 1.30 bits per heavy atom. The van der Waals surface area contributed by atoms with E-state index in [1.165, 1.54) is 24.4 Å². The number of nitrogens with zero attached hydrogens (tertiary/aromatic N) is 7. The maximum Gasteiger partial charge on any atom is 0.321 e. The van der Waals surface area contributed by atoms with Gasteiger partial charge in [-0.25, -0.2) is 9.67 Å². The average Bonchev–Trinajstić information content (AvgIpc) is 3.26. The summed E-state index contributed by atoms with van der Waals surface area (Å²) in [6.07, 6.45) is 5.11. The zero-order valence-electron chi connectivity index (χ0n) is 12.8. The Kier molecular flexibility index (Phi) is 4.60. The molecular formula is C13H18N8O2. The average molecular weight is 318 g/mol. The molecule has 0 bridgehead atoms. The molecule has 122 valence electrons. The first-order chi connectivity index (χ1) is 11.2. The number of carbonyl (C=O) groups is 1. The van der Waals surface area contributed by atoms with Gasteiger partial charge in [-0.1, -0.05) is 0 Å². The van der Waals surface area contributed by atoms with E-state index in [0.717, 1.165) is 25.9 Å². The molecule has 1 aliphatic rings. The Balaban J connectivity index is 1.64. The van der Waals surface area contributed by atoms with Crippen LogP contribution in [0.25, 0.3) is 0 Å². The summed E-state index contributed by atoms with van der Waals surface area (Å²) in [5, 5.41) is 6.63. The van der Waals surface area contributed by atoms with Crippen molar-refractivity contribution >= 4 is 11.9 Å². The molecule has 3 rings (SSSR count). The summed E-state index contributed by atoms with van der Waals surface area (Å²) in [6.45, 7) is 2.14. The van der Waals surface area contributed by atoms with Crippen LogP contribution in [0.5, 0.6) is 6.01 Å². The first kappa shape index (κ1) is 15.1. The smallest absolute Gasteiger partial charge is 0.321 e. The van der Waals surface area contributed by atoms with Gasteiger partial charge in [-0.2, -0.15) is 20.1 Å². The SMILES string of the molecule is COc1nc(CNC(=O)Cn2cncn2)nc(N2CCCC2)n1. The van der Waals surface area contributed by atoms with E-state index in [2.05, 4.69) is 35.3 Å². The number of anilines is 1. The van der Waals surface area contributed by atoms with Crippen LogP contribution < -0.4 is 15.0 Å². The summed E-state index contributed by atoms with van der Waals surface area (Å²) < 4.78 is 6.57. The molecule has 3 heterocycles. The summed E-state index contributed by atoms with van der Waals surface area (Å²) in [7, 11) is 1.51. The predicted octanol–water partition coefficient (Wildman–Crippen LogP) is -0.612. The normalized spacial score (nSPS) is 14.0. The molecular weight excluding hydrogens is 300 g/mol. The first-order valence-corrected chi connectivity index (χ1v) is 7.37. The molecule has 0 unspecified atom stereocenters. The minimum Gasteiger partial charge on any atom is -0.467 e. The van der Waals surface area contributed by atoms with Crippen molar-refractivity contribution in [2.45, 2.75) is 25.9 Å². The molecule has 1 aliphatic heterocycles. The van der Waals surface area contributed by atoms with E-state index in [4.69, 9.17) is 4.74 Å². The van der Waals surface area contributed by atoms with E-state index >= 15 is 0 Å². The fourth-order valence-electron chi connectivity index (χ4n) is 2.31. The second kappa shape index (κ2) is 6.99. The maximum atomic E-state index is 11.9. The van der Waals surface area contributed by atoms with Gasteiger partial charge in [-0.3, -0.25) is 4.79 Å². The number of amides is 1. The molecule has 0 saturated carbocycles. The number of aromatic nitrogens is 6. The molecule has 10 nitrogen and oxygen atoms in total. The van der Waals surface area contributed by atoms with Crippen molar-refractivity contribution in [3.63, 3.8) is 0 Å². The standard InChI is InChI=1S/C13H18N8O2/c1-23-13-18-10(17-12(19-13)20-4-2-3-5-20)6-15-11(22)7-21-9-14-8-16-21/h8-9H,2-7H2,1H3,(H,15,22). The van der Waals surface area contributed by atoms with E-state index in [-0.39, 0.29) is 25.0 Å². The third-order valence-corrected chi connectivity index (χ3v) is 3.44. The van der Waals surface area contributed by atoms with Gasteiger partial charge in [0, 0.05) is 13.1 Å². The molecule has 1 fully saturated rings. The van der Waals surface area contributed by atoms with Crippen LogP contribution in [-0.2, 0) is 17.9 Å². The Bertz CT molecular complexity index is 654. The van der Waals surface area contributed by atoms with Crippen LogP contribution in [0.2, 0.25) is 0 Å². The van der Waals surface area contributed by atoms with Gasteiger partial charge in [0.15, 0.2) is 5.82 Å². The van der Waals surface area contributed by atoms with Crippen LogP contribution in [0.4, 0.5) is 5.95 Å². The van der Waals surface area contributed by atoms with Crippen LogP contribution in [0, 0.1) is 0 Å². The number of hydrogen-bond acceptors (Lipinski definition) is 8. The Morgan fingerprint density at radius 2 is 2.13 bits per heavy atom. The second-order valence-electron chi connectivity index (χ2n) is 5.10. The topological polar surface area (TPSA) is 111 Å². The predicted molar refractivity (Wildman–Crippen MR) is 79.7 cm³/mol. The maximum absolute atomic E-state index is 11.9. The van der Waals surface area contributed by atoms with E-state index in [9.17, 15) is 4.79 Å². The highest BCUT2D eigenvalue weighted by atomic mass is 16.5.